The second kappa shape index (κ2) is 11.0. The number of hydrazine groups is 1. The highest BCUT2D eigenvalue weighted by molar-refractivity contribution is 5.87. The minimum Gasteiger partial charge on any atom is -0.353 e. The first-order chi connectivity index (χ1) is 17.8. The predicted molar refractivity (Wildman–Crippen MR) is 137 cm³/mol. The Kier molecular flexibility index (Phi) is 7.70. The maximum absolute atomic E-state index is 13.8. The van der Waals surface area contributed by atoms with Gasteiger partial charge in [-0.3, -0.25) is 19.5 Å². The van der Waals surface area contributed by atoms with Crippen molar-refractivity contribution < 1.29 is 18.8 Å². The van der Waals surface area contributed by atoms with Crippen LogP contribution in [-0.2, 0) is 16.1 Å². The fourth-order valence-corrected chi connectivity index (χ4v) is 6.48. The highest BCUT2D eigenvalue weighted by atomic mass is 19.1. The first-order valence-corrected chi connectivity index (χ1v) is 14.0. The van der Waals surface area contributed by atoms with Gasteiger partial charge in [0, 0.05) is 24.5 Å². The summed E-state index contributed by atoms with van der Waals surface area (Å²) in [6, 6.07) is 5.89. The summed E-state index contributed by atoms with van der Waals surface area (Å²) in [6.45, 7) is 4.99. The zero-order valence-electron chi connectivity index (χ0n) is 22.0. The molecule has 8 nitrogen and oxygen atoms in total. The predicted octanol–water partition coefficient (Wildman–Crippen LogP) is 3.97. The maximum atomic E-state index is 13.8. The minimum absolute atomic E-state index is 0.0611. The number of amides is 4. The van der Waals surface area contributed by atoms with Crippen molar-refractivity contribution in [3.63, 3.8) is 0 Å². The zero-order chi connectivity index (χ0) is 26.1. The number of hydrogen-bond donors (Lipinski definition) is 2. The molecular weight excluding hydrogens is 473 g/mol. The van der Waals surface area contributed by atoms with Gasteiger partial charge >= 0.3 is 6.03 Å². The summed E-state index contributed by atoms with van der Waals surface area (Å²) in [7, 11) is 0. The Morgan fingerprint density at radius 3 is 2.65 bits per heavy atom. The minimum atomic E-state index is -0.589. The van der Waals surface area contributed by atoms with Gasteiger partial charge in [-0.2, -0.15) is 5.43 Å². The summed E-state index contributed by atoms with van der Waals surface area (Å²) in [5, 5.41) is 4.74. The number of carbonyl (C=O) groups is 3. The third-order valence-corrected chi connectivity index (χ3v) is 8.56. The van der Waals surface area contributed by atoms with Crippen LogP contribution < -0.4 is 10.7 Å². The molecule has 0 aromatic heterocycles. The molecule has 0 radical (unpaired) electrons. The quantitative estimate of drug-likeness (QED) is 0.578. The van der Waals surface area contributed by atoms with Crippen LogP contribution in [0.4, 0.5) is 9.18 Å². The largest absolute Gasteiger partial charge is 0.353 e. The first-order valence-electron chi connectivity index (χ1n) is 14.0. The van der Waals surface area contributed by atoms with Gasteiger partial charge in [0.25, 0.3) is 0 Å². The van der Waals surface area contributed by atoms with Crippen LogP contribution in [0, 0.1) is 23.6 Å². The van der Waals surface area contributed by atoms with Crippen molar-refractivity contribution in [2.24, 2.45) is 17.8 Å². The number of nitrogens with one attached hydrogen (secondary N) is 2. The summed E-state index contributed by atoms with van der Waals surface area (Å²) in [5.74, 6) is -0.321. The molecule has 2 saturated heterocycles. The van der Waals surface area contributed by atoms with Gasteiger partial charge in [-0.15, -0.1) is 0 Å². The lowest BCUT2D eigenvalue weighted by Crippen LogP contribution is -2.67. The highest BCUT2D eigenvalue weighted by Gasteiger charge is 2.55. The van der Waals surface area contributed by atoms with E-state index >= 15 is 0 Å². The lowest BCUT2D eigenvalue weighted by atomic mass is 9.75. The molecule has 37 heavy (non-hydrogen) atoms. The van der Waals surface area contributed by atoms with Crippen LogP contribution in [0.15, 0.2) is 24.3 Å². The fourth-order valence-electron chi connectivity index (χ4n) is 6.48. The van der Waals surface area contributed by atoms with Crippen LogP contribution in [0.25, 0.3) is 0 Å². The lowest BCUT2D eigenvalue weighted by molar-refractivity contribution is -0.159. The molecule has 4 atom stereocenters. The van der Waals surface area contributed by atoms with Crippen LogP contribution >= 0.6 is 0 Å². The Morgan fingerprint density at radius 1 is 1.14 bits per heavy atom. The summed E-state index contributed by atoms with van der Waals surface area (Å²) < 4.78 is 13.8. The van der Waals surface area contributed by atoms with Gasteiger partial charge in [-0.25, -0.2) is 9.18 Å². The van der Waals surface area contributed by atoms with Gasteiger partial charge in [-0.1, -0.05) is 45.2 Å². The maximum Gasteiger partial charge on any atom is 0.337 e. The van der Waals surface area contributed by atoms with E-state index in [1.165, 1.54) is 23.6 Å². The van der Waals surface area contributed by atoms with Crippen molar-refractivity contribution in [1.82, 2.24) is 25.6 Å². The topological polar surface area (TPSA) is 85.0 Å². The van der Waals surface area contributed by atoms with Crippen molar-refractivity contribution >= 4 is 17.8 Å². The second-order valence-corrected chi connectivity index (χ2v) is 11.7. The van der Waals surface area contributed by atoms with Crippen molar-refractivity contribution in [1.29, 1.82) is 0 Å². The number of nitrogens with zero attached hydrogens (tertiary/aromatic N) is 3. The van der Waals surface area contributed by atoms with E-state index in [0.717, 1.165) is 32.1 Å². The van der Waals surface area contributed by atoms with Crippen LogP contribution in [0.2, 0.25) is 0 Å². The normalized spacial score (nSPS) is 28.5. The number of carbonyl (C=O) groups excluding carboxylic acids is 3. The molecule has 1 aromatic rings. The Labute approximate surface area is 218 Å². The number of hydrogen-bond acceptors (Lipinski definition) is 4. The molecule has 9 heteroatoms. The van der Waals surface area contributed by atoms with E-state index in [4.69, 9.17) is 0 Å². The molecule has 0 bridgehead atoms. The van der Waals surface area contributed by atoms with Gasteiger partial charge in [0.15, 0.2) is 6.29 Å². The average Bonchev–Trinajstić information content (AvgIpc) is 3.19. The molecule has 2 saturated carbocycles. The molecular formula is C28H40FN5O3. The van der Waals surface area contributed by atoms with E-state index in [2.05, 4.69) is 24.6 Å². The molecule has 4 aliphatic rings. The highest BCUT2D eigenvalue weighted by Crippen LogP contribution is 2.41. The summed E-state index contributed by atoms with van der Waals surface area (Å²) in [4.78, 5) is 44.2. The second-order valence-electron chi connectivity index (χ2n) is 11.7. The SMILES string of the molecule is CC(C)CCN1C(=O)C2CCC(C(=O)NC3CCCCC3)CC2N2C(=O)N(Cc3cccc(F)c3)NC12. The Bertz CT molecular complexity index is 1010. The molecule has 4 unspecified atom stereocenters. The Balaban J connectivity index is 1.35. The number of urea groups is 1. The van der Waals surface area contributed by atoms with Crippen LogP contribution in [0.5, 0.6) is 0 Å². The standard InChI is InChI=1S/C28H40FN5O3/c1-18(2)13-14-32-26(36)23-12-11-20(25(35)30-22-9-4-3-5-10-22)16-24(23)34-27(32)31-33(28(34)37)17-19-7-6-8-21(29)15-19/h6-8,15,18,20,22-24,27,31H,3-5,9-14,16-17H2,1-2H3,(H,30,35). The lowest BCUT2D eigenvalue weighted by Gasteiger charge is -2.50. The van der Waals surface area contributed by atoms with E-state index in [9.17, 15) is 18.8 Å². The van der Waals surface area contributed by atoms with Gasteiger partial charge in [0.05, 0.1) is 12.5 Å². The van der Waals surface area contributed by atoms with Crippen molar-refractivity contribution in [2.45, 2.75) is 96.6 Å². The molecule has 2 aliphatic carbocycles. The third-order valence-electron chi connectivity index (χ3n) is 8.56. The van der Waals surface area contributed by atoms with Gasteiger partial charge < -0.3 is 10.2 Å². The molecule has 2 aliphatic heterocycles. The molecule has 2 N–H and O–H groups in total. The first kappa shape index (κ1) is 25.9. The van der Waals surface area contributed by atoms with Crippen molar-refractivity contribution in [3.8, 4) is 0 Å². The smallest absolute Gasteiger partial charge is 0.337 e. The average molecular weight is 514 g/mol. The van der Waals surface area contributed by atoms with Crippen molar-refractivity contribution in [2.75, 3.05) is 6.54 Å². The summed E-state index contributed by atoms with van der Waals surface area (Å²) in [5.41, 5.74) is 3.92. The Morgan fingerprint density at radius 2 is 1.92 bits per heavy atom. The summed E-state index contributed by atoms with van der Waals surface area (Å²) in [6.07, 6.45) is 7.58. The van der Waals surface area contributed by atoms with Crippen LogP contribution in [-0.4, -0.2) is 57.6 Å². The van der Waals surface area contributed by atoms with E-state index in [1.807, 2.05) is 0 Å². The summed E-state index contributed by atoms with van der Waals surface area (Å²) >= 11 is 0. The monoisotopic (exact) mass is 513 g/mol. The fraction of sp³-hybridized carbons (Fsp3) is 0.679. The molecule has 5 rings (SSSR count). The molecule has 4 fully saturated rings. The Hall–Kier alpha value is -2.68. The number of benzene rings is 1. The number of fused-ring (bicyclic) bond motifs is 3. The van der Waals surface area contributed by atoms with Crippen LogP contribution in [0.3, 0.4) is 0 Å². The number of rotatable bonds is 7. The zero-order valence-corrected chi connectivity index (χ0v) is 22.0. The van der Waals surface area contributed by atoms with E-state index < -0.39 is 6.29 Å². The van der Waals surface area contributed by atoms with E-state index in [-0.39, 0.29) is 54.1 Å². The van der Waals surface area contributed by atoms with Gasteiger partial charge in [-0.05, 0) is 62.1 Å². The number of halogens is 1. The molecule has 2 heterocycles. The molecule has 0 spiro atoms. The van der Waals surface area contributed by atoms with Gasteiger partial charge in [0.1, 0.15) is 5.82 Å². The third kappa shape index (κ3) is 5.47. The molecule has 202 valence electrons. The van der Waals surface area contributed by atoms with Gasteiger partial charge in [0.2, 0.25) is 11.8 Å². The molecule has 1 aromatic carbocycles. The van der Waals surface area contributed by atoms with E-state index in [1.54, 1.807) is 21.9 Å². The van der Waals surface area contributed by atoms with Crippen LogP contribution in [0.1, 0.15) is 77.2 Å². The van der Waals surface area contributed by atoms with Crippen molar-refractivity contribution in [3.05, 3.63) is 35.6 Å². The van der Waals surface area contributed by atoms with E-state index in [0.29, 0.717) is 37.3 Å². The molecule has 4 amide bonds.